The van der Waals surface area contributed by atoms with Crippen molar-refractivity contribution >= 4 is 33.5 Å². The van der Waals surface area contributed by atoms with Crippen LogP contribution in [0.25, 0.3) is 0 Å². The van der Waals surface area contributed by atoms with E-state index < -0.39 is 5.97 Å². The Morgan fingerprint density at radius 2 is 2.26 bits per heavy atom. The van der Waals surface area contributed by atoms with Gasteiger partial charge in [-0.15, -0.1) is 0 Å². The second kappa shape index (κ2) is 6.25. The molecule has 0 saturated carbocycles. The summed E-state index contributed by atoms with van der Waals surface area (Å²) < 4.78 is 0.977. The van der Waals surface area contributed by atoms with E-state index in [0.29, 0.717) is 17.6 Å². The van der Waals surface area contributed by atoms with Gasteiger partial charge in [-0.05, 0) is 37.5 Å². The van der Waals surface area contributed by atoms with Crippen molar-refractivity contribution in [3.8, 4) is 0 Å². The number of carboxylic acid groups (broad SMARTS) is 1. The van der Waals surface area contributed by atoms with E-state index in [1.165, 1.54) is 0 Å². The quantitative estimate of drug-likeness (QED) is 0.905. The van der Waals surface area contributed by atoms with Crippen molar-refractivity contribution in [2.75, 3.05) is 6.54 Å². The summed E-state index contributed by atoms with van der Waals surface area (Å²) >= 11 is 9.44. The van der Waals surface area contributed by atoms with Crippen molar-refractivity contribution in [1.82, 2.24) is 4.90 Å². The van der Waals surface area contributed by atoms with Crippen LogP contribution in [0.4, 0.5) is 0 Å². The van der Waals surface area contributed by atoms with Crippen molar-refractivity contribution in [3.05, 3.63) is 33.3 Å². The molecule has 1 heterocycles. The Balaban J connectivity index is 2.09. The van der Waals surface area contributed by atoms with Crippen LogP contribution in [0.2, 0.25) is 5.02 Å². The molecule has 1 saturated heterocycles. The summed E-state index contributed by atoms with van der Waals surface area (Å²) in [6.45, 7) is 3.52. The fourth-order valence-corrected chi connectivity index (χ4v) is 3.28. The number of benzene rings is 1. The summed E-state index contributed by atoms with van der Waals surface area (Å²) in [5, 5.41) is 9.85. The largest absolute Gasteiger partial charge is 0.481 e. The zero-order valence-electron chi connectivity index (χ0n) is 10.8. The first-order valence-electron chi connectivity index (χ1n) is 6.38. The fourth-order valence-electron chi connectivity index (χ4n) is 2.47. The molecule has 2 atom stereocenters. The fraction of sp³-hybridized carbons (Fsp3) is 0.500. The van der Waals surface area contributed by atoms with Crippen LogP contribution in [0.5, 0.6) is 0 Å². The van der Waals surface area contributed by atoms with Crippen LogP contribution < -0.4 is 0 Å². The van der Waals surface area contributed by atoms with Gasteiger partial charge in [-0.25, -0.2) is 0 Å². The third-order valence-corrected chi connectivity index (χ3v) is 4.72. The van der Waals surface area contributed by atoms with Gasteiger partial charge in [0.1, 0.15) is 0 Å². The minimum Gasteiger partial charge on any atom is -0.481 e. The Morgan fingerprint density at radius 3 is 2.89 bits per heavy atom. The van der Waals surface area contributed by atoms with Gasteiger partial charge in [0, 0.05) is 28.6 Å². The van der Waals surface area contributed by atoms with Gasteiger partial charge in [0.05, 0.1) is 5.92 Å². The topological polar surface area (TPSA) is 40.5 Å². The Hall–Kier alpha value is -0.580. The predicted molar refractivity (Wildman–Crippen MR) is 79.4 cm³/mol. The van der Waals surface area contributed by atoms with Crippen molar-refractivity contribution in [2.45, 2.75) is 32.4 Å². The summed E-state index contributed by atoms with van der Waals surface area (Å²) in [5.74, 6) is -0.936. The van der Waals surface area contributed by atoms with E-state index in [1.54, 1.807) is 0 Å². The molecule has 1 fully saturated rings. The molecular formula is C14H17BrClNO2. The number of carboxylic acids is 1. The summed E-state index contributed by atoms with van der Waals surface area (Å²) in [7, 11) is 0. The average Bonchev–Trinajstić information content (AvgIpc) is 2.34. The smallest absolute Gasteiger partial charge is 0.307 e. The van der Waals surface area contributed by atoms with Crippen LogP contribution in [0, 0.1) is 5.92 Å². The average molecular weight is 347 g/mol. The summed E-state index contributed by atoms with van der Waals surface area (Å²) in [6, 6.07) is 6.15. The van der Waals surface area contributed by atoms with Gasteiger partial charge in [0.25, 0.3) is 0 Å². The van der Waals surface area contributed by atoms with Gasteiger partial charge < -0.3 is 5.11 Å². The zero-order chi connectivity index (χ0) is 14.0. The molecule has 1 N–H and O–H groups in total. The molecule has 0 bridgehead atoms. The molecule has 5 heteroatoms. The lowest BCUT2D eigenvalue weighted by Gasteiger charge is -2.36. The van der Waals surface area contributed by atoms with Crippen LogP contribution in [-0.4, -0.2) is 28.6 Å². The van der Waals surface area contributed by atoms with Gasteiger partial charge in [-0.1, -0.05) is 33.6 Å². The van der Waals surface area contributed by atoms with E-state index in [2.05, 4.69) is 27.8 Å². The Kier molecular flexibility index (Phi) is 4.87. The molecule has 19 heavy (non-hydrogen) atoms. The second-order valence-corrected chi connectivity index (χ2v) is 6.42. The van der Waals surface area contributed by atoms with Crippen molar-refractivity contribution in [3.63, 3.8) is 0 Å². The normalized spacial score (nSPS) is 24.4. The van der Waals surface area contributed by atoms with Crippen molar-refractivity contribution < 1.29 is 9.90 Å². The monoisotopic (exact) mass is 345 g/mol. The van der Waals surface area contributed by atoms with E-state index in [4.69, 9.17) is 16.7 Å². The number of likely N-dealkylation sites (tertiary alicyclic amines) is 1. The van der Waals surface area contributed by atoms with Crippen LogP contribution in [-0.2, 0) is 11.3 Å². The molecule has 0 radical (unpaired) electrons. The number of aliphatic carboxylic acids is 1. The van der Waals surface area contributed by atoms with E-state index >= 15 is 0 Å². The molecule has 0 spiro atoms. The number of nitrogens with zero attached hydrogens (tertiary/aromatic N) is 1. The molecule has 1 aliphatic rings. The minimum absolute atomic E-state index is 0.248. The van der Waals surface area contributed by atoms with Crippen LogP contribution >= 0.6 is 27.5 Å². The highest BCUT2D eigenvalue weighted by Crippen LogP contribution is 2.27. The molecule has 1 aromatic carbocycles. The van der Waals surface area contributed by atoms with E-state index in [9.17, 15) is 4.79 Å². The number of halogens is 2. The summed E-state index contributed by atoms with van der Waals surface area (Å²) in [6.07, 6.45) is 1.71. The number of hydrogen-bond donors (Lipinski definition) is 1. The van der Waals surface area contributed by atoms with Gasteiger partial charge in [0.15, 0.2) is 0 Å². The second-order valence-electron chi connectivity index (χ2n) is 5.13. The molecule has 1 aliphatic heterocycles. The third-order valence-electron chi connectivity index (χ3n) is 3.75. The minimum atomic E-state index is -0.688. The Bertz CT molecular complexity index is 481. The maximum absolute atomic E-state index is 11.1. The maximum atomic E-state index is 11.1. The first kappa shape index (κ1) is 14.8. The molecule has 104 valence electrons. The zero-order valence-corrected chi connectivity index (χ0v) is 13.1. The number of rotatable bonds is 3. The first-order valence-corrected chi connectivity index (χ1v) is 7.55. The molecule has 0 aromatic heterocycles. The van der Waals surface area contributed by atoms with Gasteiger partial charge in [-0.3, -0.25) is 9.69 Å². The van der Waals surface area contributed by atoms with E-state index in [-0.39, 0.29) is 5.92 Å². The highest BCUT2D eigenvalue weighted by Gasteiger charge is 2.29. The number of piperidine rings is 1. The standard InChI is InChI=1S/C14H17BrClNO2/c1-9-2-3-11(14(18)19)8-17(9)7-10-4-5-12(16)6-13(10)15/h4-6,9,11H,2-3,7-8H2,1H3,(H,18,19). The third kappa shape index (κ3) is 3.71. The Labute approximate surface area is 126 Å². The van der Waals surface area contributed by atoms with Crippen LogP contribution in [0.3, 0.4) is 0 Å². The number of carbonyl (C=O) groups is 1. The molecule has 0 amide bonds. The summed E-state index contributed by atoms with van der Waals surface area (Å²) in [4.78, 5) is 13.3. The SMILES string of the molecule is CC1CCC(C(=O)O)CN1Cc1ccc(Cl)cc1Br. The molecule has 2 rings (SSSR count). The summed E-state index contributed by atoms with van der Waals surface area (Å²) in [5.41, 5.74) is 1.14. The Morgan fingerprint density at radius 1 is 1.53 bits per heavy atom. The van der Waals surface area contributed by atoms with Crippen molar-refractivity contribution in [1.29, 1.82) is 0 Å². The number of hydrogen-bond acceptors (Lipinski definition) is 2. The molecule has 1 aromatic rings. The van der Waals surface area contributed by atoms with E-state index in [0.717, 1.165) is 29.4 Å². The van der Waals surface area contributed by atoms with E-state index in [1.807, 2.05) is 18.2 Å². The molecule has 3 nitrogen and oxygen atoms in total. The predicted octanol–water partition coefficient (Wildman–Crippen LogP) is 3.79. The highest BCUT2D eigenvalue weighted by molar-refractivity contribution is 9.10. The molecular weight excluding hydrogens is 330 g/mol. The van der Waals surface area contributed by atoms with Gasteiger partial charge in [-0.2, -0.15) is 0 Å². The lowest BCUT2D eigenvalue weighted by molar-refractivity contribution is -0.144. The highest BCUT2D eigenvalue weighted by atomic mass is 79.9. The van der Waals surface area contributed by atoms with Crippen LogP contribution in [0.1, 0.15) is 25.3 Å². The molecule has 2 unspecified atom stereocenters. The van der Waals surface area contributed by atoms with Crippen LogP contribution in [0.15, 0.2) is 22.7 Å². The first-order chi connectivity index (χ1) is 8.97. The van der Waals surface area contributed by atoms with Gasteiger partial charge in [0.2, 0.25) is 0 Å². The molecule has 0 aliphatic carbocycles. The van der Waals surface area contributed by atoms with Crippen molar-refractivity contribution in [2.24, 2.45) is 5.92 Å². The lowest BCUT2D eigenvalue weighted by atomic mass is 9.93. The lowest BCUT2D eigenvalue weighted by Crippen LogP contribution is -2.43. The van der Waals surface area contributed by atoms with Gasteiger partial charge >= 0.3 is 5.97 Å². The maximum Gasteiger partial charge on any atom is 0.307 e.